The molecule has 1 aromatic heterocycles. The van der Waals surface area contributed by atoms with Crippen LogP contribution in [0.3, 0.4) is 0 Å². The standard InChI is InChI=1S/C13H23N3/c1-4-16(10-6-9-14-3)11-13-8-5-7-12(2)15-13/h5,7-8,14H,4,6,9-11H2,1-3H3. The summed E-state index contributed by atoms with van der Waals surface area (Å²) in [7, 11) is 2.00. The smallest absolute Gasteiger partial charge is 0.0547 e. The molecule has 0 saturated carbocycles. The first-order valence-corrected chi connectivity index (χ1v) is 6.05. The minimum Gasteiger partial charge on any atom is -0.320 e. The fourth-order valence-corrected chi connectivity index (χ4v) is 1.75. The molecule has 0 saturated heterocycles. The van der Waals surface area contributed by atoms with E-state index in [1.54, 1.807) is 0 Å². The van der Waals surface area contributed by atoms with Gasteiger partial charge in [0, 0.05) is 12.2 Å². The highest BCUT2D eigenvalue weighted by Crippen LogP contribution is 2.03. The maximum Gasteiger partial charge on any atom is 0.0547 e. The van der Waals surface area contributed by atoms with E-state index >= 15 is 0 Å². The summed E-state index contributed by atoms with van der Waals surface area (Å²) in [5, 5.41) is 3.18. The number of hydrogen-bond acceptors (Lipinski definition) is 3. The van der Waals surface area contributed by atoms with Gasteiger partial charge < -0.3 is 5.32 Å². The number of rotatable bonds is 7. The fourth-order valence-electron chi connectivity index (χ4n) is 1.75. The van der Waals surface area contributed by atoms with Crippen LogP contribution in [0.1, 0.15) is 24.7 Å². The van der Waals surface area contributed by atoms with Crippen molar-refractivity contribution in [2.45, 2.75) is 26.8 Å². The topological polar surface area (TPSA) is 28.2 Å². The maximum absolute atomic E-state index is 4.53. The van der Waals surface area contributed by atoms with Gasteiger partial charge in [0.1, 0.15) is 0 Å². The average molecular weight is 221 g/mol. The summed E-state index contributed by atoms with van der Waals surface area (Å²) in [5.74, 6) is 0. The van der Waals surface area contributed by atoms with E-state index in [0.29, 0.717) is 0 Å². The minimum absolute atomic E-state index is 0.960. The molecule has 1 rings (SSSR count). The molecule has 1 N–H and O–H groups in total. The molecule has 3 heteroatoms. The van der Waals surface area contributed by atoms with Crippen LogP contribution in [0.15, 0.2) is 18.2 Å². The predicted molar refractivity (Wildman–Crippen MR) is 68.5 cm³/mol. The monoisotopic (exact) mass is 221 g/mol. The summed E-state index contributed by atoms with van der Waals surface area (Å²) in [4.78, 5) is 6.96. The second-order valence-electron chi connectivity index (χ2n) is 4.10. The molecule has 0 fully saturated rings. The Bertz CT molecular complexity index is 299. The van der Waals surface area contributed by atoms with Crippen molar-refractivity contribution < 1.29 is 0 Å². The van der Waals surface area contributed by atoms with Gasteiger partial charge in [-0.25, -0.2) is 0 Å². The van der Waals surface area contributed by atoms with Gasteiger partial charge in [0.25, 0.3) is 0 Å². The summed E-state index contributed by atoms with van der Waals surface area (Å²) in [5.41, 5.74) is 2.27. The summed E-state index contributed by atoms with van der Waals surface area (Å²) < 4.78 is 0. The van der Waals surface area contributed by atoms with Crippen LogP contribution in [0.25, 0.3) is 0 Å². The van der Waals surface area contributed by atoms with E-state index in [1.165, 1.54) is 12.1 Å². The zero-order chi connectivity index (χ0) is 11.8. The maximum atomic E-state index is 4.53. The number of pyridine rings is 1. The highest BCUT2D eigenvalue weighted by Gasteiger charge is 2.04. The molecular formula is C13H23N3. The Kier molecular flexibility index (Phi) is 6.04. The quantitative estimate of drug-likeness (QED) is 0.712. The Balaban J connectivity index is 2.43. The lowest BCUT2D eigenvalue weighted by Crippen LogP contribution is -2.26. The molecule has 0 aliphatic carbocycles. The first-order valence-electron chi connectivity index (χ1n) is 6.05. The van der Waals surface area contributed by atoms with E-state index < -0.39 is 0 Å². The molecule has 3 nitrogen and oxygen atoms in total. The van der Waals surface area contributed by atoms with Crippen molar-refractivity contribution in [2.24, 2.45) is 0 Å². The van der Waals surface area contributed by atoms with E-state index in [9.17, 15) is 0 Å². The first kappa shape index (κ1) is 13.1. The van der Waals surface area contributed by atoms with Crippen molar-refractivity contribution in [3.8, 4) is 0 Å². The third-order valence-electron chi connectivity index (χ3n) is 2.68. The molecule has 0 unspecified atom stereocenters. The van der Waals surface area contributed by atoms with Crippen LogP contribution in [-0.4, -0.2) is 36.6 Å². The highest BCUT2D eigenvalue weighted by molar-refractivity contribution is 5.09. The van der Waals surface area contributed by atoms with Gasteiger partial charge in [0.2, 0.25) is 0 Å². The molecule has 16 heavy (non-hydrogen) atoms. The molecular weight excluding hydrogens is 198 g/mol. The largest absolute Gasteiger partial charge is 0.320 e. The third-order valence-corrected chi connectivity index (χ3v) is 2.68. The first-order chi connectivity index (χ1) is 7.76. The predicted octanol–water partition coefficient (Wildman–Crippen LogP) is 1.82. The molecule has 0 radical (unpaired) electrons. The van der Waals surface area contributed by atoms with Crippen LogP contribution in [0.5, 0.6) is 0 Å². The van der Waals surface area contributed by atoms with Crippen molar-refractivity contribution in [3.63, 3.8) is 0 Å². The van der Waals surface area contributed by atoms with Crippen LogP contribution in [-0.2, 0) is 6.54 Å². The second kappa shape index (κ2) is 7.36. The van der Waals surface area contributed by atoms with Crippen LogP contribution >= 0.6 is 0 Å². The molecule has 0 aliphatic rings. The van der Waals surface area contributed by atoms with Gasteiger partial charge in [-0.15, -0.1) is 0 Å². The molecule has 0 spiro atoms. The lowest BCUT2D eigenvalue weighted by Gasteiger charge is -2.19. The van der Waals surface area contributed by atoms with E-state index in [0.717, 1.165) is 31.9 Å². The van der Waals surface area contributed by atoms with E-state index in [-0.39, 0.29) is 0 Å². The van der Waals surface area contributed by atoms with Gasteiger partial charge in [-0.3, -0.25) is 9.88 Å². The van der Waals surface area contributed by atoms with Crippen molar-refractivity contribution in [1.82, 2.24) is 15.2 Å². The van der Waals surface area contributed by atoms with Gasteiger partial charge in [-0.2, -0.15) is 0 Å². The van der Waals surface area contributed by atoms with Gasteiger partial charge in [-0.05, 0) is 52.2 Å². The van der Waals surface area contributed by atoms with Gasteiger partial charge in [0.15, 0.2) is 0 Å². The number of nitrogens with one attached hydrogen (secondary N) is 1. The summed E-state index contributed by atoms with van der Waals surface area (Å²) in [6, 6.07) is 6.23. The Morgan fingerprint density at radius 1 is 1.38 bits per heavy atom. The van der Waals surface area contributed by atoms with E-state index in [4.69, 9.17) is 0 Å². The van der Waals surface area contributed by atoms with E-state index in [2.05, 4.69) is 34.3 Å². The Morgan fingerprint density at radius 2 is 2.19 bits per heavy atom. The summed E-state index contributed by atoms with van der Waals surface area (Å²) in [6.45, 7) is 8.50. The second-order valence-corrected chi connectivity index (χ2v) is 4.10. The molecule has 0 aromatic carbocycles. The molecule has 0 amide bonds. The van der Waals surface area contributed by atoms with Gasteiger partial charge in [-0.1, -0.05) is 13.0 Å². The molecule has 0 bridgehead atoms. The SMILES string of the molecule is CCN(CCCNC)Cc1cccc(C)n1. The third kappa shape index (κ3) is 4.73. The zero-order valence-corrected chi connectivity index (χ0v) is 10.7. The van der Waals surface area contributed by atoms with Crippen molar-refractivity contribution in [1.29, 1.82) is 0 Å². The summed E-state index contributed by atoms with van der Waals surface area (Å²) in [6.07, 6.45) is 1.19. The van der Waals surface area contributed by atoms with Crippen molar-refractivity contribution >= 4 is 0 Å². The van der Waals surface area contributed by atoms with Gasteiger partial charge >= 0.3 is 0 Å². The number of aryl methyl sites for hydroxylation is 1. The van der Waals surface area contributed by atoms with Crippen molar-refractivity contribution in [2.75, 3.05) is 26.7 Å². The van der Waals surface area contributed by atoms with Crippen LogP contribution in [0.4, 0.5) is 0 Å². The van der Waals surface area contributed by atoms with Crippen molar-refractivity contribution in [3.05, 3.63) is 29.6 Å². The molecule has 0 aliphatic heterocycles. The lowest BCUT2D eigenvalue weighted by atomic mass is 10.3. The lowest BCUT2D eigenvalue weighted by molar-refractivity contribution is 0.272. The fraction of sp³-hybridized carbons (Fsp3) is 0.615. The Morgan fingerprint density at radius 3 is 2.81 bits per heavy atom. The number of hydrogen-bond donors (Lipinski definition) is 1. The molecule has 1 aromatic rings. The normalized spacial score (nSPS) is 11.0. The molecule has 0 atom stereocenters. The Labute approximate surface area is 98.9 Å². The summed E-state index contributed by atoms with van der Waals surface area (Å²) >= 11 is 0. The van der Waals surface area contributed by atoms with E-state index in [1.807, 2.05) is 20.0 Å². The van der Waals surface area contributed by atoms with Crippen LogP contribution in [0.2, 0.25) is 0 Å². The average Bonchev–Trinajstić information content (AvgIpc) is 2.28. The van der Waals surface area contributed by atoms with Crippen LogP contribution < -0.4 is 5.32 Å². The highest BCUT2D eigenvalue weighted by atomic mass is 15.1. The zero-order valence-electron chi connectivity index (χ0n) is 10.7. The minimum atomic E-state index is 0.960. The molecule has 90 valence electrons. The van der Waals surface area contributed by atoms with Crippen LogP contribution in [0, 0.1) is 6.92 Å². The number of aromatic nitrogens is 1. The van der Waals surface area contributed by atoms with Gasteiger partial charge in [0.05, 0.1) is 5.69 Å². The number of nitrogens with zero attached hydrogens (tertiary/aromatic N) is 2. The Hall–Kier alpha value is -0.930. The molecule has 1 heterocycles.